The Labute approximate surface area is 151 Å². The molecule has 0 aliphatic carbocycles. The lowest BCUT2D eigenvalue weighted by molar-refractivity contribution is 0.103. The number of hydrogen-bond acceptors (Lipinski definition) is 4. The summed E-state index contributed by atoms with van der Waals surface area (Å²) < 4.78 is 1.94. The number of aromatic nitrogens is 3. The van der Waals surface area contributed by atoms with Crippen LogP contribution < -0.4 is 5.73 Å². The van der Waals surface area contributed by atoms with Crippen molar-refractivity contribution in [3.05, 3.63) is 89.7 Å². The summed E-state index contributed by atoms with van der Waals surface area (Å²) in [6, 6.07) is 20.6. The van der Waals surface area contributed by atoms with Gasteiger partial charge in [-0.15, -0.1) is 0 Å². The lowest BCUT2D eigenvalue weighted by atomic mass is 10.0. The normalized spacial score (nSPS) is 10.9. The van der Waals surface area contributed by atoms with E-state index in [1.165, 1.54) is 0 Å². The first-order valence-corrected chi connectivity index (χ1v) is 8.48. The number of rotatable bonds is 5. The summed E-state index contributed by atoms with van der Waals surface area (Å²) in [5, 5.41) is 0. The van der Waals surface area contributed by atoms with E-state index >= 15 is 0 Å². The van der Waals surface area contributed by atoms with Crippen LogP contribution >= 0.6 is 0 Å². The lowest BCUT2D eigenvalue weighted by Gasteiger charge is -2.07. The van der Waals surface area contributed by atoms with Crippen LogP contribution in [0, 0.1) is 0 Å². The fraction of sp³-hybridized carbons (Fsp3) is 0.0952. The molecule has 2 heterocycles. The first-order chi connectivity index (χ1) is 12.7. The summed E-state index contributed by atoms with van der Waals surface area (Å²) >= 11 is 0. The topological polar surface area (TPSA) is 73.8 Å². The molecular weight excluding hydrogens is 324 g/mol. The summed E-state index contributed by atoms with van der Waals surface area (Å²) in [6.45, 7) is 0.655. The molecule has 0 atom stereocenters. The summed E-state index contributed by atoms with van der Waals surface area (Å²) in [4.78, 5) is 21.5. The average molecular weight is 342 g/mol. The second kappa shape index (κ2) is 6.80. The largest absolute Gasteiger partial charge is 0.369 e. The number of nitrogen functional groups attached to an aromatic ring is 1. The van der Waals surface area contributed by atoms with Crippen LogP contribution in [0.2, 0.25) is 0 Å². The van der Waals surface area contributed by atoms with Gasteiger partial charge in [0.05, 0.1) is 11.0 Å². The van der Waals surface area contributed by atoms with E-state index in [1.54, 1.807) is 12.3 Å². The maximum Gasteiger partial charge on any atom is 0.201 e. The molecule has 128 valence electrons. The number of carbonyl (C=O) groups is 1. The molecule has 2 aromatic heterocycles. The zero-order valence-corrected chi connectivity index (χ0v) is 14.2. The van der Waals surface area contributed by atoms with Crippen LogP contribution in [-0.4, -0.2) is 20.3 Å². The van der Waals surface area contributed by atoms with Crippen molar-refractivity contribution in [2.24, 2.45) is 0 Å². The molecule has 0 fully saturated rings. The molecule has 0 amide bonds. The molecule has 26 heavy (non-hydrogen) atoms. The van der Waals surface area contributed by atoms with Gasteiger partial charge in [0.25, 0.3) is 0 Å². The molecule has 0 unspecified atom stereocenters. The van der Waals surface area contributed by atoms with Gasteiger partial charge in [-0.2, -0.15) is 0 Å². The monoisotopic (exact) mass is 342 g/mol. The summed E-state index contributed by atoms with van der Waals surface area (Å²) in [5.41, 5.74) is 10.0. The van der Waals surface area contributed by atoms with Crippen molar-refractivity contribution >= 4 is 22.8 Å². The van der Waals surface area contributed by atoms with E-state index in [9.17, 15) is 4.79 Å². The van der Waals surface area contributed by atoms with Gasteiger partial charge in [-0.25, -0.2) is 4.98 Å². The van der Waals surface area contributed by atoms with E-state index in [-0.39, 0.29) is 5.78 Å². The van der Waals surface area contributed by atoms with Crippen LogP contribution in [0.5, 0.6) is 0 Å². The number of nitrogens with zero attached hydrogens (tertiary/aromatic N) is 3. The number of fused-ring (bicyclic) bond motifs is 1. The Bertz CT molecular complexity index is 1060. The van der Waals surface area contributed by atoms with Gasteiger partial charge in [0, 0.05) is 36.0 Å². The second-order valence-corrected chi connectivity index (χ2v) is 6.09. The summed E-state index contributed by atoms with van der Waals surface area (Å²) in [5.74, 6) is 0.434. The highest BCUT2D eigenvalue weighted by Gasteiger charge is 2.13. The van der Waals surface area contributed by atoms with Gasteiger partial charge in [0.15, 0.2) is 5.78 Å². The number of nitrogens with two attached hydrogens (primary N) is 1. The van der Waals surface area contributed by atoms with Gasteiger partial charge in [-0.05, 0) is 30.3 Å². The van der Waals surface area contributed by atoms with Gasteiger partial charge in [0.1, 0.15) is 0 Å². The minimum absolute atomic E-state index is 0.0106. The fourth-order valence-electron chi connectivity index (χ4n) is 3.05. The number of benzene rings is 2. The standard InChI is InChI=1S/C21H18N4O/c22-21-24-18-10-9-16(20(26)15-6-2-1-3-7-15)14-19(18)25(21)13-11-17-8-4-5-12-23-17/h1-10,12,14H,11,13H2,(H2,22,24). The Balaban J connectivity index is 1.67. The van der Waals surface area contributed by atoms with E-state index in [1.807, 2.05) is 65.2 Å². The highest BCUT2D eigenvalue weighted by molar-refractivity contribution is 6.10. The van der Waals surface area contributed by atoms with E-state index in [0.717, 1.165) is 23.1 Å². The highest BCUT2D eigenvalue weighted by atomic mass is 16.1. The smallest absolute Gasteiger partial charge is 0.201 e. The number of imidazole rings is 1. The van der Waals surface area contributed by atoms with E-state index < -0.39 is 0 Å². The third-order valence-electron chi connectivity index (χ3n) is 4.39. The molecule has 4 rings (SSSR count). The third kappa shape index (κ3) is 3.07. The van der Waals surface area contributed by atoms with Crippen LogP contribution in [0.1, 0.15) is 21.6 Å². The van der Waals surface area contributed by atoms with Crippen molar-refractivity contribution in [1.82, 2.24) is 14.5 Å². The molecule has 5 nitrogen and oxygen atoms in total. The number of hydrogen-bond donors (Lipinski definition) is 1. The molecule has 0 radical (unpaired) electrons. The van der Waals surface area contributed by atoms with E-state index in [2.05, 4.69) is 9.97 Å². The van der Waals surface area contributed by atoms with Crippen molar-refractivity contribution in [3.8, 4) is 0 Å². The number of aryl methyl sites for hydroxylation is 2. The molecule has 2 N–H and O–H groups in total. The van der Waals surface area contributed by atoms with Gasteiger partial charge in [-0.1, -0.05) is 36.4 Å². The summed E-state index contributed by atoms with van der Waals surface area (Å²) in [7, 11) is 0. The van der Waals surface area contributed by atoms with Crippen LogP contribution in [0.25, 0.3) is 11.0 Å². The summed E-state index contributed by atoms with van der Waals surface area (Å²) in [6.07, 6.45) is 2.52. The predicted molar refractivity (Wildman–Crippen MR) is 102 cm³/mol. The number of pyridine rings is 1. The molecule has 0 aliphatic heterocycles. The van der Waals surface area contributed by atoms with E-state index in [0.29, 0.717) is 23.6 Å². The Morgan fingerprint density at radius 3 is 2.54 bits per heavy atom. The molecule has 0 spiro atoms. The SMILES string of the molecule is Nc1nc2ccc(C(=O)c3ccccc3)cc2n1CCc1ccccn1. The quantitative estimate of drug-likeness (QED) is 0.564. The fourth-order valence-corrected chi connectivity index (χ4v) is 3.05. The van der Waals surface area contributed by atoms with Crippen molar-refractivity contribution in [2.45, 2.75) is 13.0 Å². The molecular formula is C21H18N4O. The zero-order valence-electron chi connectivity index (χ0n) is 14.2. The number of carbonyl (C=O) groups excluding carboxylic acids is 1. The van der Waals surface area contributed by atoms with Crippen molar-refractivity contribution in [1.29, 1.82) is 0 Å². The Morgan fingerprint density at radius 1 is 0.962 bits per heavy atom. The second-order valence-electron chi connectivity index (χ2n) is 6.09. The predicted octanol–water partition coefficient (Wildman–Crippen LogP) is 3.49. The van der Waals surface area contributed by atoms with Gasteiger partial charge < -0.3 is 10.3 Å². The molecule has 2 aromatic carbocycles. The Kier molecular flexibility index (Phi) is 4.19. The molecule has 0 aliphatic rings. The van der Waals surface area contributed by atoms with Crippen LogP contribution in [-0.2, 0) is 13.0 Å². The molecule has 0 bridgehead atoms. The van der Waals surface area contributed by atoms with Gasteiger partial charge >= 0.3 is 0 Å². The average Bonchev–Trinajstić information content (AvgIpc) is 3.01. The van der Waals surface area contributed by atoms with Crippen LogP contribution in [0.3, 0.4) is 0 Å². The minimum Gasteiger partial charge on any atom is -0.369 e. The Hall–Kier alpha value is -3.47. The highest BCUT2D eigenvalue weighted by Crippen LogP contribution is 2.21. The molecule has 4 aromatic rings. The first-order valence-electron chi connectivity index (χ1n) is 8.48. The van der Waals surface area contributed by atoms with Crippen molar-refractivity contribution in [3.63, 3.8) is 0 Å². The van der Waals surface area contributed by atoms with Crippen molar-refractivity contribution < 1.29 is 4.79 Å². The van der Waals surface area contributed by atoms with E-state index in [4.69, 9.17) is 5.73 Å². The zero-order chi connectivity index (χ0) is 17.9. The first kappa shape index (κ1) is 16.0. The van der Waals surface area contributed by atoms with Gasteiger partial charge in [0.2, 0.25) is 5.95 Å². The van der Waals surface area contributed by atoms with Crippen LogP contribution in [0.15, 0.2) is 72.9 Å². The van der Waals surface area contributed by atoms with Crippen molar-refractivity contribution in [2.75, 3.05) is 5.73 Å². The molecule has 0 saturated carbocycles. The third-order valence-corrected chi connectivity index (χ3v) is 4.39. The number of anilines is 1. The lowest BCUT2D eigenvalue weighted by Crippen LogP contribution is -2.07. The minimum atomic E-state index is -0.0106. The maximum absolute atomic E-state index is 12.7. The van der Waals surface area contributed by atoms with Gasteiger partial charge in [-0.3, -0.25) is 9.78 Å². The molecule has 0 saturated heterocycles. The Morgan fingerprint density at radius 2 is 1.77 bits per heavy atom. The maximum atomic E-state index is 12.7. The molecule has 5 heteroatoms. The number of ketones is 1. The van der Waals surface area contributed by atoms with Crippen LogP contribution in [0.4, 0.5) is 5.95 Å².